The molecule has 0 saturated carbocycles. The van der Waals surface area contributed by atoms with Gasteiger partial charge in [-0.1, -0.05) is 0 Å². The van der Waals surface area contributed by atoms with Crippen molar-refractivity contribution in [2.75, 3.05) is 31.1 Å². The van der Waals surface area contributed by atoms with Crippen molar-refractivity contribution in [3.63, 3.8) is 0 Å². The highest BCUT2D eigenvalue weighted by Crippen LogP contribution is 2.21. The fourth-order valence-electron chi connectivity index (χ4n) is 3.29. The average molecular weight is 417 g/mol. The second-order valence-electron chi connectivity index (χ2n) is 7.22. The number of nitrogens with zero attached hydrogens (tertiary/aromatic N) is 8. The second-order valence-corrected chi connectivity index (χ2v) is 9.11. The van der Waals surface area contributed by atoms with E-state index in [0.717, 1.165) is 17.5 Å². The molecule has 0 unspecified atom stereocenters. The zero-order chi connectivity index (χ0) is 20.6. The van der Waals surface area contributed by atoms with Crippen LogP contribution in [-0.4, -0.2) is 68.0 Å². The number of hydrogen-bond acceptors (Lipinski definition) is 7. The predicted octanol–water partition coefficient (Wildman–Crippen LogP) is 1.26. The van der Waals surface area contributed by atoms with Gasteiger partial charge in [0, 0.05) is 56.9 Å². The smallest absolute Gasteiger partial charge is 0.262 e. The van der Waals surface area contributed by atoms with Gasteiger partial charge in [0.1, 0.15) is 23.8 Å². The number of hydrogen-bond donors (Lipinski definition) is 0. The number of piperazine rings is 1. The van der Waals surface area contributed by atoms with Crippen molar-refractivity contribution in [3.8, 4) is 5.82 Å². The maximum atomic E-state index is 12.9. The van der Waals surface area contributed by atoms with Crippen LogP contribution in [0.5, 0.6) is 0 Å². The SMILES string of the molecule is Cc1nccn1-c1cc(N2CCN(S(=O)(=O)c3cn(C(C)C)cn3)CC2)ncn1. The summed E-state index contributed by atoms with van der Waals surface area (Å²) in [5, 5.41) is 0.0968. The largest absolute Gasteiger partial charge is 0.354 e. The molecule has 0 atom stereocenters. The molecule has 0 aromatic carbocycles. The summed E-state index contributed by atoms with van der Waals surface area (Å²) < 4.78 is 31.0. The molecular weight excluding hydrogens is 392 g/mol. The number of aromatic nitrogens is 6. The molecule has 154 valence electrons. The zero-order valence-corrected chi connectivity index (χ0v) is 17.5. The lowest BCUT2D eigenvalue weighted by atomic mass is 10.3. The highest BCUT2D eigenvalue weighted by atomic mass is 32.2. The summed E-state index contributed by atoms with van der Waals surface area (Å²) >= 11 is 0. The van der Waals surface area contributed by atoms with Crippen LogP contribution in [0, 0.1) is 6.92 Å². The Labute approximate surface area is 169 Å². The van der Waals surface area contributed by atoms with Gasteiger partial charge in [-0.05, 0) is 20.8 Å². The summed E-state index contributed by atoms with van der Waals surface area (Å²) in [6.07, 6.45) is 8.25. The topological polar surface area (TPSA) is 102 Å². The van der Waals surface area contributed by atoms with E-state index in [9.17, 15) is 8.42 Å². The van der Waals surface area contributed by atoms with Crippen LogP contribution in [0.3, 0.4) is 0 Å². The lowest BCUT2D eigenvalue weighted by Crippen LogP contribution is -2.49. The normalized spacial score (nSPS) is 15.9. The van der Waals surface area contributed by atoms with Crippen molar-refractivity contribution in [3.05, 3.63) is 43.1 Å². The lowest BCUT2D eigenvalue weighted by molar-refractivity contribution is 0.382. The molecule has 1 fully saturated rings. The highest BCUT2D eigenvalue weighted by molar-refractivity contribution is 7.89. The molecule has 1 saturated heterocycles. The van der Waals surface area contributed by atoms with Crippen molar-refractivity contribution in [2.24, 2.45) is 0 Å². The van der Waals surface area contributed by atoms with Crippen molar-refractivity contribution >= 4 is 15.8 Å². The minimum atomic E-state index is -3.60. The maximum absolute atomic E-state index is 12.9. The summed E-state index contributed by atoms with van der Waals surface area (Å²) in [6, 6.07) is 2.05. The fraction of sp³-hybridized carbons (Fsp3) is 0.444. The first-order chi connectivity index (χ1) is 13.9. The van der Waals surface area contributed by atoms with E-state index in [2.05, 4.69) is 24.8 Å². The van der Waals surface area contributed by atoms with Crippen molar-refractivity contribution in [1.82, 2.24) is 33.4 Å². The molecule has 3 aromatic rings. The first kappa shape index (κ1) is 19.5. The molecule has 3 aromatic heterocycles. The molecule has 1 aliphatic rings. The minimum Gasteiger partial charge on any atom is -0.354 e. The summed E-state index contributed by atoms with van der Waals surface area (Å²) in [6.45, 7) is 7.72. The number of rotatable bonds is 5. The van der Waals surface area contributed by atoms with E-state index in [1.165, 1.54) is 10.6 Å². The first-order valence-electron chi connectivity index (χ1n) is 9.47. The predicted molar refractivity (Wildman–Crippen MR) is 107 cm³/mol. The highest BCUT2D eigenvalue weighted by Gasteiger charge is 2.31. The van der Waals surface area contributed by atoms with Crippen LogP contribution >= 0.6 is 0 Å². The van der Waals surface area contributed by atoms with Crippen LogP contribution < -0.4 is 4.90 Å². The minimum absolute atomic E-state index is 0.0968. The third-order valence-corrected chi connectivity index (χ3v) is 6.84. The Morgan fingerprint density at radius 3 is 2.34 bits per heavy atom. The van der Waals surface area contributed by atoms with Gasteiger partial charge in [0.2, 0.25) is 0 Å². The van der Waals surface area contributed by atoms with Crippen LogP contribution in [0.2, 0.25) is 0 Å². The molecule has 0 radical (unpaired) electrons. The van der Waals surface area contributed by atoms with E-state index in [1.54, 1.807) is 23.3 Å². The molecule has 1 aliphatic heterocycles. The molecule has 29 heavy (non-hydrogen) atoms. The first-order valence-corrected chi connectivity index (χ1v) is 10.9. The van der Waals surface area contributed by atoms with Crippen molar-refractivity contribution < 1.29 is 8.42 Å². The Balaban J connectivity index is 1.47. The van der Waals surface area contributed by atoms with Gasteiger partial charge in [-0.25, -0.2) is 28.4 Å². The summed E-state index contributed by atoms with van der Waals surface area (Å²) in [5.41, 5.74) is 0. The Morgan fingerprint density at radius 2 is 1.72 bits per heavy atom. The molecule has 0 amide bonds. The van der Waals surface area contributed by atoms with Gasteiger partial charge in [-0.15, -0.1) is 0 Å². The fourth-order valence-corrected chi connectivity index (χ4v) is 4.63. The zero-order valence-electron chi connectivity index (χ0n) is 16.7. The van der Waals surface area contributed by atoms with Gasteiger partial charge in [0.15, 0.2) is 5.03 Å². The summed E-state index contributed by atoms with van der Waals surface area (Å²) in [7, 11) is -3.60. The Morgan fingerprint density at radius 1 is 1.00 bits per heavy atom. The Bertz CT molecular complexity index is 1100. The van der Waals surface area contributed by atoms with Gasteiger partial charge in [0.05, 0.1) is 6.33 Å². The van der Waals surface area contributed by atoms with E-state index in [4.69, 9.17) is 0 Å². The van der Waals surface area contributed by atoms with Crippen LogP contribution in [0.25, 0.3) is 5.82 Å². The van der Waals surface area contributed by atoms with Crippen LogP contribution in [0.15, 0.2) is 42.3 Å². The third kappa shape index (κ3) is 3.75. The van der Waals surface area contributed by atoms with Crippen LogP contribution in [0.1, 0.15) is 25.7 Å². The van der Waals surface area contributed by atoms with Gasteiger partial charge >= 0.3 is 0 Å². The molecule has 0 aliphatic carbocycles. The quantitative estimate of drug-likeness (QED) is 0.617. The molecule has 0 spiro atoms. The maximum Gasteiger partial charge on any atom is 0.262 e. The van der Waals surface area contributed by atoms with Gasteiger partial charge < -0.3 is 9.47 Å². The molecule has 0 N–H and O–H groups in total. The van der Waals surface area contributed by atoms with Crippen molar-refractivity contribution in [1.29, 1.82) is 0 Å². The van der Waals surface area contributed by atoms with E-state index < -0.39 is 10.0 Å². The number of sulfonamides is 1. The van der Waals surface area contributed by atoms with Crippen LogP contribution in [0.4, 0.5) is 5.82 Å². The van der Waals surface area contributed by atoms with Gasteiger partial charge in [-0.3, -0.25) is 4.57 Å². The van der Waals surface area contributed by atoms with E-state index in [-0.39, 0.29) is 11.1 Å². The monoisotopic (exact) mass is 416 g/mol. The van der Waals surface area contributed by atoms with E-state index in [1.807, 2.05) is 37.6 Å². The molecule has 0 bridgehead atoms. The van der Waals surface area contributed by atoms with E-state index in [0.29, 0.717) is 26.2 Å². The molecule has 4 heterocycles. The second kappa shape index (κ2) is 7.56. The summed E-state index contributed by atoms with van der Waals surface area (Å²) in [5.74, 6) is 2.34. The van der Waals surface area contributed by atoms with Gasteiger partial charge in [0.25, 0.3) is 10.0 Å². The number of imidazole rings is 2. The van der Waals surface area contributed by atoms with Crippen LogP contribution in [-0.2, 0) is 10.0 Å². The summed E-state index contributed by atoms with van der Waals surface area (Å²) in [4.78, 5) is 19.1. The Kier molecular flexibility index (Phi) is 5.09. The Hall–Kier alpha value is -2.79. The molecular formula is C18H24N8O2S. The standard InChI is InChI=1S/C18H24N8O2S/c1-14(2)24-11-18(22-13-24)29(27,28)25-8-6-23(7-9-25)16-10-17(21-12-20-16)26-5-4-19-15(26)3/h4-5,10-14H,6-9H2,1-3H3. The van der Waals surface area contributed by atoms with Gasteiger partial charge in [-0.2, -0.15) is 4.31 Å². The van der Waals surface area contributed by atoms with Crippen molar-refractivity contribution in [2.45, 2.75) is 31.8 Å². The van der Waals surface area contributed by atoms with E-state index >= 15 is 0 Å². The molecule has 11 heteroatoms. The average Bonchev–Trinajstić information content (AvgIpc) is 3.38. The third-order valence-electron chi connectivity index (χ3n) is 5.05. The molecule has 10 nitrogen and oxygen atoms in total. The number of aryl methyl sites for hydroxylation is 1. The lowest BCUT2D eigenvalue weighted by Gasteiger charge is -2.34. The number of anilines is 1. The molecule has 4 rings (SSSR count).